The highest BCUT2D eigenvalue weighted by Crippen LogP contribution is 2.12. The SMILES string of the molecule is COc1nc(N)c(CNc2ccccc2)c(=O)n1C. The molecule has 19 heavy (non-hydrogen) atoms. The Labute approximate surface area is 110 Å². The summed E-state index contributed by atoms with van der Waals surface area (Å²) in [7, 11) is 3.04. The molecule has 100 valence electrons. The highest BCUT2D eigenvalue weighted by molar-refractivity contribution is 5.46. The Morgan fingerprint density at radius 2 is 2.05 bits per heavy atom. The fourth-order valence-corrected chi connectivity index (χ4v) is 1.74. The van der Waals surface area contributed by atoms with Crippen LogP contribution in [0.2, 0.25) is 0 Å². The maximum atomic E-state index is 12.1. The van der Waals surface area contributed by atoms with Gasteiger partial charge in [-0.25, -0.2) is 0 Å². The predicted molar refractivity (Wildman–Crippen MR) is 74.2 cm³/mol. The molecule has 0 saturated heterocycles. The largest absolute Gasteiger partial charge is 0.468 e. The van der Waals surface area contributed by atoms with Gasteiger partial charge in [0.15, 0.2) is 0 Å². The van der Waals surface area contributed by atoms with Crippen molar-refractivity contribution in [1.29, 1.82) is 0 Å². The van der Waals surface area contributed by atoms with Crippen LogP contribution in [0.1, 0.15) is 5.56 Å². The Balaban J connectivity index is 2.26. The van der Waals surface area contributed by atoms with Crippen LogP contribution in [0.25, 0.3) is 0 Å². The van der Waals surface area contributed by atoms with Crippen molar-refractivity contribution in [3.8, 4) is 6.01 Å². The van der Waals surface area contributed by atoms with Gasteiger partial charge in [0.25, 0.3) is 5.56 Å². The van der Waals surface area contributed by atoms with Crippen molar-refractivity contribution in [2.75, 3.05) is 18.2 Å². The van der Waals surface area contributed by atoms with Crippen LogP contribution < -0.4 is 21.3 Å². The second kappa shape index (κ2) is 5.43. The molecule has 1 aromatic heterocycles. The van der Waals surface area contributed by atoms with Gasteiger partial charge in [0.2, 0.25) is 0 Å². The molecule has 2 aromatic rings. The Morgan fingerprint density at radius 1 is 1.37 bits per heavy atom. The summed E-state index contributed by atoms with van der Waals surface area (Å²) in [5, 5.41) is 3.13. The molecule has 1 aromatic carbocycles. The van der Waals surface area contributed by atoms with Crippen molar-refractivity contribution in [3.05, 3.63) is 46.2 Å². The average molecular weight is 260 g/mol. The number of rotatable bonds is 4. The van der Waals surface area contributed by atoms with E-state index in [0.717, 1.165) is 5.69 Å². The molecular weight excluding hydrogens is 244 g/mol. The van der Waals surface area contributed by atoms with Gasteiger partial charge >= 0.3 is 6.01 Å². The molecule has 0 radical (unpaired) electrons. The molecule has 0 unspecified atom stereocenters. The number of aromatic nitrogens is 2. The summed E-state index contributed by atoms with van der Waals surface area (Å²) >= 11 is 0. The Hall–Kier alpha value is -2.50. The van der Waals surface area contributed by atoms with E-state index in [1.54, 1.807) is 7.05 Å². The van der Waals surface area contributed by atoms with E-state index < -0.39 is 0 Å². The number of hydrogen-bond donors (Lipinski definition) is 2. The predicted octanol–water partition coefficient (Wildman–Crippen LogP) is 0.983. The topological polar surface area (TPSA) is 82.2 Å². The summed E-state index contributed by atoms with van der Waals surface area (Å²) in [6.45, 7) is 0.319. The third-order valence-electron chi connectivity index (χ3n) is 2.80. The second-order valence-corrected chi connectivity index (χ2v) is 4.05. The van der Waals surface area contributed by atoms with Crippen LogP contribution in [0.3, 0.4) is 0 Å². The third kappa shape index (κ3) is 2.67. The molecule has 6 nitrogen and oxygen atoms in total. The maximum absolute atomic E-state index is 12.1. The summed E-state index contributed by atoms with van der Waals surface area (Å²) < 4.78 is 6.31. The van der Waals surface area contributed by atoms with Gasteiger partial charge in [-0.2, -0.15) is 4.98 Å². The lowest BCUT2D eigenvalue weighted by atomic mass is 10.2. The lowest BCUT2D eigenvalue weighted by Crippen LogP contribution is -2.27. The maximum Gasteiger partial charge on any atom is 0.300 e. The van der Waals surface area contributed by atoms with E-state index in [4.69, 9.17) is 10.5 Å². The Kier molecular flexibility index (Phi) is 3.70. The molecule has 0 spiro atoms. The zero-order valence-electron chi connectivity index (χ0n) is 10.9. The fourth-order valence-electron chi connectivity index (χ4n) is 1.74. The first-order chi connectivity index (χ1) is 9.13. The molecule has 3 N–H and O–H groups in total. The highest BCUT2D eigenvalue weighted by atomic mass is 16.5. The van der Waals surface area contributed by atoms with Gasteiger partial charge in [-0.15, -0.1) is 0 Å². The van der Waals surface area contributed by atoms with Crippen LogP contribution >= 0.6 is 0 Å². The zero-order chi connectivity index (χ0) is 13.8. The molecule has 0 fully saturated rings. The molecule has 0 amide bonds. The van der Waals surface area contributed by atoms with Gasteiger partial charge in [0, 0.05) is 19.3 Å². The van der Waals surface area contributed by atoms with Crippen LogP contribution in [-0.2, 0) is 13.6 Å². The first-order valence-corrected chi connectivity index (χ1v) is 5.81. The van der Waals surface area contributed by atoms with Gasteiger partial charge < -0.3 is 15.8 Å². The Morgan fingerprint density at radius 3 is 2.68 bits per heavy atom. The number of nitrogens with zero attached hydrogens (tertiary/aromatic N) is 2. The monoisotopic (exact) mass is 260 g/mol. The molecule has 6 heteroatoms. The van der Waals surface area contributed by atoms with Crippen molar-refractivity contribution in [2.24, 2.45) is 7.05 Å². The number of nitrogens with one attached hydrogen (secondary N) is 1. The number of hydrogen-bond acceptors (Lipinski definition) is 5. The molecule has 0 aliphatic rings. The van der Waals surface area contributed by atoms with Crippen LogP contribution in [0.15, 0.2) is 35.1 Å². The van der Waals surface area contributed by atoms with E-state index in [0.29, 0.717) is 12.1 Å². The van der Waals surface area contributed by atoms with E-state index >= 15 is 0 Å². The normalized spacial score (nSPS) is 10.2. The van der Waals surface area contributed by atoms with Gasteiger partial charge in [0.05, 0.1) is 12.7 Å². The van der Waals surface area contributed by atoms with E-state index in [1.807, 2.05) is 30.3 Å². The number of para-hydroxylation sites is 1. The molecule has 0 atom stereocenters. The van der Waals surface area contributed by atoms with Crippen molar-refractivity contribution >= 4 is 11.5 Å². The summed E-state index contributed by atoms with van der Waals surface area (Å²) in [5.41, 5.74) is 6.91. The van der Waals surface area contributed by atoms with Crippen molar-refractivity contribution in [1.82, 2.24) is 9.55 Å². The molecule has 0 aliphatic carbocycles. The van der Waals surface area contributed by atoms with E-state index in [1.165, 1.54) is 11.7 Å². The van der Waals surface area contributed by atoms with Crippen LogP contribution in [0.4, 0.5) is 11.5 Å². The summed E-state index contributed by atoms with van der Waals surface area (Å²) in [5.74, 6) is 0.184. The Bertz CT molecular complexity index is 623. The number of nitrogens with two attached hydrogens (primary N) is 1. The first kappa shape index (κ1) is 12.9. The number of nitrogen functional groups attached to an aromatic ring is 1. The van der Waals surface area contributed by atoms with Gasteiger partial charge in [-0.3, -0.25) is 9.36 Å². The number of benzene rings is 1. The standard InChI is InChI=1S/C13H16N4O2/c1-17-12(18)10(11(14)16-13(17)19-2)8-15-9-6-4-3-5-7-9/h3-7,15H,8,14H2,1-2H3. The van der Waals surface area contributed by atoms with Gasteiger partial charge in [-0.05, 0) is 12.1 Å². The minimum absolute atomic E-state index is 0.184. The van der Waals surface area contributed by atoms with Crippen molar-refractivity contribution in [2.45, 2.75) is 6.54 Å². The summed E-state index contributed by atoms with van der Waals surface area (Å²) in [6, 6.07) is 9.78. The molecule has 2 rings (SSSR count). The third-order valence-corrected chi connectivity index (χ3v) is 2.80. The molecule has 0 saturated carbocycles. The van der Waals surface area contributed by atoms with Gasteiger partial charge in [0.1, 0.15) is 5.82 Å². The molecule has 0 bridgehead atoms. The number of methoxy groups -OCH3 is 1. The van der Waals surface area contributed by atoms with Crippen molar-refractivity contribution in [3.63, 3.8) is 0 Å². The van der Waals surface area contributed by atoms with Crippen LogP contribution in [-0.4, -0.2) is 16.7 Å². The first-order valence-electron chi connectivity index (χ1n) is 5.81. The smallest absolute Gasteiger partial charge is 0.300 e. The average Bonchev–Trinajstić information content (AvgIpc) is 2.44. The summed E-state index contributed by atoms with van der Waals surface area (Å²) in [4.78, 5) is 16.2. The minimum Gasteiger partial charge on any atom is -0.468 e. The zero-order valence-corrected chi connectivity index (χ0v) is 10.9. The van der Waals surface area contributed by atoms with Crippen LogP contribution in [0.5, 0.6) is 6.01 Å². The molecular formula is C13H16N4O2. The minimum atomic E-state index is -0.215. The quantitative estimate of drug-likeness (QED) is 0.856. The van der Waals surface area contributed by atoms with Gasteiger partial charge in [-0.1, -0.05) is 18.2 Å². The van der Waals surface area contributed by atoms with E-state index in [2.05, 4.69) is 10.3 Å². The van der Waals surface area contributed by atoms with E-state index in [9.17, 15) is 4.79 Å². The second-order valence-electron chi connectivity index (χ2n) is 4.05. The molecule has 1 heterocycles. The summed E-state index contributed by atoms with van der Waals surface area (Å²) in [6.07, 6.45) is 0. The highest BCUT2D eigenvalue weighted by Gasteiger charge is 2.12. The van der Waals surface area contributed by atoms with Crippen LogP contribution in [0, 0.1) is 0 Å². The number of ether oxygens (including phenoxy) is 1. The lowest BCUT2D eigenvalue weighted by Gasteiger charge is -2.11. The number of anilines is 2. The van der Waals surface area contributed by atoms with E-state index in [-0.39, 0.29) is 17.4 Å². The fraction of sp³-hybridized carbons (Fsp3) is 0.231. The molecule has 0 aliphatic heterocycles. The lowest BCUT2D eigenvalue weighted by molar-refractivity contribution is 0.357. The van der Waals surface area contributed by atoms with Crippen molar-refractivity contribution < 1.29 is 4.74 Å².